The van der Waals surface area contributed by atoms with Crippen LogP contribution in [0.2, 0.25) is 0 Å². The number of rotatable bonds is 5. The lowest BCUT2D eigenvalue weighted by molar-refractivity contribution is -0.123. The SMILES string of the molecule is Cc1ccc(CN2CCN(CC(=O)NC3CCC(C(C)(C)C)CC3)CC2)cc1. The van der Waals surface area contributed by atoms with Gasteiger partial charge >= 0.3 is 0 Å². The summed E-state index contributed by atoms with van der Waals surface area (Å²) < 4.78 is 0. The van der Waals surface area contributed by atoms with Crippen LogP contribution in [0.1, 0.15) is 57.6 Å². The Hall–Kier alpha value is -1.39. The molecule has 0 atom stereocenters. The molecule has 156 valence electrons. The summed E-state index contributed by atoms with van der Waals surface area (Å²) in [4.78, 5) is 17.3. The average molecular weight is 386 g/mol. The largest absolute Gasteiger partial charge is 0.352 e. The van der Waals surface area contributed by atoms with Crippen molar-refractivity contribution in [3.63, 3.8) is 0 Å². The minimum Gasteiger partial charge on any atom is -0.352 e. The Balaban J connectivity index is 1.34. The molecular weight excluding hydrogens is 346 g/mol. The van der Waals surface area contributed by atoms with E-state index in [9.17, 15) is 4.79 Å². The third kappa shape index (κ3) is 6.31. The van der Waals surface area contributed by atoms with Crippen LogP contribution >= 0.6 is 0 Å². The zero-order valence-corrected chi connectivity index (χ0v) is 18.3. The second kappa shape index (κ2) is 9.41. The van der Waals surface area contributed by atoms with Crippen molar-refractivity contribution in [3.8, 4) is 0 Å². The van der Waals surface area contributed by atoms with Crippen LogP contribution in [-0.2, 0) is 11.3 Å². The van der Waals surface area contributed by atoms with Crippen molar-refractivity contribution in [2.75, 3.05) is 32.7 Å². The molecule has 1 aromatic rings. The average Bonchev–Trinajstić information content (AvgIpc) is 2.65. The second-order valence-corrected chi connectivity index (χ2v) is 10.0. The molecule has 1 N–H and O–H groups in total. The number of benzene rings is 1. The van der Waals surface area contributed by atoms with Gasteiger partial charge in [-0.25, -0.2) is 0 Å². The number of hydrogen-bond donors (Lipinski definition) is 1. The summed E-state index contributed by atoms with van der Waals surface area (Å²) in [5.41, 5.74) is 3.09. The number of piperazine rings is 1. The van der Waals surface area contributed by atoms with Gasteiger partial charge in [-0.2, -0.15) is 0 Å². The number of carbonyl (C=O) groups is 1. The fourth-order valence-corrected chi connectivity index (χ4v) is 4.64. The van der Waals surface area contributed by atoms with Crippen LogP contribution in [-0.4, -0.2) is 54.5 Å². The summed E-state index contributed by atoms with van der Waals surface area (Å²) in [5, 5.41) is 3.30. The second-order valence-electron chi connectivity index (χ2n) is 10.0. The number of amides is 1. The van der Waals surface area contributed by atoms with Crippen molar-refractivity contribution < 1.29 is 4.79 Å². The van der Waals surface area contributed by atoms with E-state index in [4.69, 9.17) is 0 Å². The van der Waals surface area contributed by atoms with Crippen molar-refractivity contribution in [1.82, 2.24) is 15.1 Å². The highest BCUT2D eigenvalue weighted by molar-refractivity contribution is 5.78. The first-order valence-electron chi connectivity index (χ1n) is 11.1. The maximum Gasteiger partial charge on any atom is 0.234 e. The Morgan fingerprint density at radius 3 is 2.11 bits per heavy atom. The van der Waals surface area contributed by atoms with Crippen LogP contribution in [0.3, 0.4) is 0 Å². The predicted octanol–water partition coefficient (Wildman–Crippen LogP) is 3.83. The van der Waals surface area contributed by atoms with Crippen LogP contribution in [0.25, 0.3) is 0 Å². The van der Waals surface area contributed by atoms with Gasteiger partial charge in [-0.3, -0.25) is 14.6 Å². The molecule has 2 fully saturated rings. The fourth-order valence-electron chi connectivity index (χ4n) is 4.64. The van der Waals surface area contributed by atoms with E-state index in [0.717, 1.165) is 51.5 Å². The van der Waals surface area contributed by atoms with Crippen LogP contribution < -0.4 is 5.32 Å². The standard InChI is InChI=1S/C24H39N3O/c1-19-5-7-20(8-6-19)17-26-13-15-27(16-14-26)18-23(28)25-22-11-9-21(10-12-22)24(2,3)4/h5-8,21-22H,9-18H2,1-4H3,(H,25,28). The van der Waals surface area contributed by atoms with Gasteiger partial charge in [0.1, 0.15) is 0 Å². The lowest BCUT2D eigenvalue weighted by Crippen LogP contribution is -2.50. The predicted molar refractivity (Wildman–Crippen MR) is 116 cm³/mol. The highest BCUT2D eigenvalue weighted by Crippen LogP contribution is 2.37. The summed E-state index contributed by atoms with van der Waals surface area (Å²) in [6.07, 6.45) is 4.76. The maximum atomic E-state index is 12.5. The Bertz CT molecular complexity index is 618. The van der Waals surface area contributed by atoms with E-state index in [1.54, 1.807) is 0 Å². The Kier molecular flexibility index (Phi) is 7.16. The van der Waals surface area contributed by atoms with Crippen molar-refractivity contribution in [1.29, 1.82) is 0 Å². The summed E-state index contributed by atoms with van der Waals surface area (Å²) in [6.45, 7) is 14.8. The molecule has 1 aliphatic heterocycles. The Morgan fingerprint density at radius 1 is 0.964 bits per heavy atom. The maximum absolute atomic E-state index is 12.5. The van der Waals surface area contributed by atoms with E-state index in [1.165, 1.54) is 24.0 Å². The number of aryl methyl sites for hydroxylation is 1. The van der Waals surface area contributed by atoms with Gasteiger partial charge in [-0.1, -0.05) is 50.6 Å². The lowest BCUT2D eigenvalue weighted by Gasteiger charge is -2.38. The van der Waals surface area contributed by atoms with E-state index in [0.29, 0.717) is 18.0 Å². The molecule has 4 nitrogen and oxygen atoms in total. The zero-order chi connectivity index (χ0) is 20.1. The zero-order valence-electron chi connectivity index (χ0n) is 18.3. The quantitative estimate of drug-likeness (QED) is 0.837. The molecule has 1 aliphatic carbocycles. The van der Waals surface area contributed by atoms with Gasteiger partial charge in [0.2, 0.25) is 5.91 Å². The molecule has 0 aromatic heterocycles. The third-order valence-corrected chi connectivity index (χ3v) is 6.68. The lowest BCUT2D eigenvalue weighted by atomic mass is 9.71. The van der Waals surface area contributed by atoms with Gasteiger partial charge in [0.25, 0.3) is 0 Å². The van der Waals surface area contributed by atoms with Crippen LogP contribution in [0, 0.1) is 18.3 Å². The van der Waals surface area contributed by atoms with E-state index >= 15 is 0 Å². The normalized spacial score (nSPS) is 24.9. The molecule has 1 heterocycles. The van der Waals surface area contributed by atoms with E-state index in [-0.39, 0.29) is 5.91 Å². The summed E-state index contributed by atoms with van der Waals surface area (Å²) >= 11 is 0. The van der Waals surface area contributed by atoms with Crippen LogP contribution in [0.4, 0.5) is 0 Å². The number of nitrogens with one attached hydrogen (secondary N) is 1. The van der Waals surface area contributed by atoms with Gasteiger partial charge in [0.15, 0.2) is 0 Å². The monoisotopic (exact) mass is 385 g/mol. The van der Waals surface area contributed by atoms with Gasteiger partial charge < -0.3 is 5.32 Å². The summed E-state index contributed by atoms with van der Waals surface area (Å²) in [7, 11) is 0. The molecule has 1 saturated heterocycles. The van der Waals surface area contributed by atoms with Crippen molar-refractivity contribution in [2.24, 2.45) is 11.3 Å². The molecule has 1 saturated carbocycles. The van der Waals surface area contributed by atoms with E-state index < -0.39 is 0 Å². The molecule has 1 amide bonds. The van der Waals surface area contributed by atoms with E-state index in [2.05, 4.69) is 67.1 Å². The smallest absolute Gasteiger partial charge is 0.234 e. The van der Waals surface area contributed by atoms with Crippen molar-refractivity contribution in [2.45, 2.75) is 66.0 Å². The number of carbonyl (C=O) groups excluding carboxylic acids is 1. The molecule has 0 unspecified atom stereocenters. The Morgan fingerprint density at radius 2 is 1.54 bits per heavy atom. The first-order valence-corrected chi connectivity index (χ1v) is 11.1. The molecular formula is C24H39N3O. The Labute approximate surface area is 171 Å². The summed E-state index contributed by atoms with van der Waals surface area (Å²) in [6, 6.07) is 9.21. The number of nitrogens with zero attached hydrogens (tertiary/aromatic N) is 2. The summed E-state index contributed by atoms with van der Waals surface area (Å²) in [5.74, 6) is 1.01. The van der Waals surface area contributed by atoms with Crippen molar-refractivity contribution >= 4 is 5.91 Å². The molecule has 4 heteroatoms. The van der Waals surface area contributed by atoms with Gasteiger partial charge in [-0.15, -0.1) is 0 Å². The molecule has 3 rings (SSSR count). The highest BCUT2D eigenvalue weighted by atomic mass is 16.2. The van der Waals surface area contributed by atoms with Crippen molar-refractivity contribution in [3.05, 3.63) is 35.4 Å². The molecule has 0 spiro atoms. The number of hydrogen-bond acceptors (Lipinski definition) is 3. The molecule has 2 aliphatic rings. The van der Waals surface area contributed by atoms with Gasteiger partial charge in [-0.05, 0) is 49.5 Å². The van der Waals surface area contributed by atoms with Gasteiger partial charge in [0, 0.05) is 38.8 Å². The van der Waals surface area contributed by atoms with E-state index in [1.807, 2.05) is 0 Å². The van der Waals surface area contributed by atoms with Crippen LogP contribution in [0.15, 0.2) is 24.3 Å². The van der Waals surface area contributed by atoms with Gasteiger partial charge in [0.05, 0.1) is 6.54 Å². The molecule has 0 radical (unpaired) electrons. The topological polar surface area (TPSA) is 35.6 Å². The first-order chi connectivity index (χ1) is 13.3. The third-order valence-electron chi connectivity index (χ3n) is 6.68. The fraction of sp³-hybridized carbons (Fsp3) is 0.708. The highest BCUT2D eigenvalue weighted by Gasteiger charge is 2.30. The molecule has 28 heavy (non-hydrogen) atoms. The first kappa shape index (κ1) is 21.3. The molecule has 1 aromatic carbocycles. The minimum absolute atomic E-state index is 0.214. The minimum atomic E-state index is 0.214. The van der Waals surface area contributed by atoms with Crippen LogP contribution in [0.5, 0.6) is 0 Å². The molecule has 0 bridgehead atoms.